The molecule has 0 aliphatic carbocycles. The van der Waals surface area contributed by atoms with Crippen LogP contribution in [0.25, 0.3) is 0 Å². The summed E-state index contributed by atoms with van der Waals surface area (Å²) < 4.78 is 68.9. The highest BCUT2D eigenvalue weighted by molar-refractivity contribution is 5.31. The van der Waals surface area contributed by atoms with E-state index in [1.54, 1.807) is 20.8 Å². The van der Waals surface area contributed by atoms with Crippen molar-refractivity contribution in [2.75, 3.05) is 0 Å². The van der Waals surface area contributed by atoms with E-state index in [1.165, 1.54) is 0 Å². The van der Waals surface area contributed by atoms with Crippen molar-refractivity contribution < 1.29 is 31.8 Å². The fourth-order valence-corrected chi connectivity index (χ4v) is 1.65. The number of halogens is 5. The lowest BCUT2D eigenvalue weighted by Crippen LogP contribution is -2.29. The van der Waals surface area contributed by atoms with E-state index in [2.05, 4.69) is 0 Å². The predicted octanol–water partition coefficient (Wildman–Crippen LogP) is 4.33. The molecule has 2 nitrogen and oxygen atoms in total. The van der Waals surface area contributed by atoms with E-state index in [0.717, 1.165) is 18.2 Å². The molecule has 0 aliphatic heterocycles. The summed E-state index contributed by atoms with van der Waals surface area (Å²) in [7, 11) is 0. The molecule has 0 amide bonds. The fourth-order valence-electron chi connectivity index (χ4n) is 1.65. The third-order valence-electron chi connectivity index (χ3n) is 2.49. The molecule has 0 spiro atoms. The summed E-state index contributed by atoms with van der Waals surface area (Å²) in [6.07, 6.45) is -7.32. The lowest BCUT2D eigenvalue weighted by atomic mass is 10.0. The first-order valence-corrected chi connectivity index (χ1v) is 6.24. The summed E-state index contributed by atoms with van der Waals surface area (Å²) in [6, 6.07) is 2.98. The highest BCUT2D eigenvalue weighted by atomic mass is 19.3. The van der Waals surface area contributed by atoms with Gasteiger partial charge in [0.15, 0.2) is 0 Å². The number of rotatable bonds is 5. The standard InChI is InChI=1S/C14H17F5O2/c1-13(2,3)21-10-5-8(4-9(15)6-10)11(20)7-14(18,19)12(16)17/h4-6,11-12,20H,7H2,1-3H3. The molecule has 0 aromatic heterocycles. The molecule has 1 N–H and O–H groups in total. The van der Waals surface area contributed by atoms with Crippen LogP contribution in [-0.2, 0) is 0 Å². The SMILES string of the molecule is CC(C)(C)Oc1cc(F)cc(C(O)CC(F)(F)C(F)F)c1. The van der Waals surface area contributed by atoms with Crippen LogP contribution in [0.2, 0.25) is 0 Å². The lowest BCUT2D eigenvalue weighted by molar-refractivity contribution is -0.149. The first-order valence-electron chi connectivity index (χ1n) is 6.24. The molecule has 120 valence electrons. The molecule has 1 unspecified atom stereocenters. The van der Waals surface area contributed by atoms with Crippen molar-refractivity contribution in [2.45, 2.75) is 51.2 Å². The van der Waals surface area contributed by atoms with Crippen LogP contribution in [0, 0.1) is 5.82 Å². The topological polar surface area (TPSA) is 29.5 Å². The molecule has 1 aromatic rings. The minimum absolute atomic E-state index is 0.0249. The van der Waals surface area contributed by atoms with Gasteiger partial charge in [-0.05, 0) is 38.5 Å². The Hall–Kier alpha value is -1.37. The van der Waals surface area contributed by atoms with Gasteiger partial charge in [-0.3, -0.25) is 0 Å². The van der Waals surface area contributed by atoms with Gasteiger partial charge in [0.05, 0.1) is 6.10 Å². The first kappa shape index (κ1) is 17.7. The quantitative estimate of drug-likeness (QED) is 0.820. The monoisotopic (exact) mass is 312 g/mol. The van der Waals surface area contributed by atoms with Gasteiger partial charge < -0.3 is 9.84 Å². The molecule has 0 heterocycles. The molecule has 0 radical (unpaired) electrons. The highest BCUT2D eigenvalue weighted by Crippen LogP contribution is 2.34. The van der Waals surface area contributed by atoms with Gasteiger partial charge >= 0.3 is 12.3 Å². The summed E-state index contributed by atoms with van der Waals surface area (Å²) in [5.74, 6) is -5.14. The fraction of sp³-hybridized carbons (Fsp3) is 0.571. The third kappa shape index (κ3) is 5.49. The zero-order chi connectivity index (χ0) is 16.4. The minimum Gasteiger partial charge on any atom is -0.488 e. The van der Waals surface area contributed by atoms with E-state index in [1.807, 2.05) is 0 Å². The number of alkyl halides is 4. The Labute approximate surface area is 119 Å². The van der Waals surface area contributed by atoms with Crippen LogP contribution < -0.4 is 4.74 Å². The van der Waals surface area contributed by atoms with Crippen molar-refractivity contribution in [3.05, 3.63) is 29.6 Å². The van der Waals surface area contributed by atoms with E-state index in [9.17, 15) is 27.1 Å². The average Bonchev–Trinajstić information content (AvgIpc) is 2.24. The molecule has 0 fully saturated rings. The largest absolute Gasteiger partial charge is 0.488 e. The van der Waals surface area contributed by atoms with Gasteiger partial charge in [0.1, 0.15) is 17.2 Å². The van der Waals surface area contributed by atoms with Crippen molar-refractivity contribution in [3.8, 4) is 5.75 Å². The van der Waals surface area contributed by atoms with Crippen LogP contribution in [0.4, 0.5) is 22.0 Å². The second-order valence-electron chi connectivity index (χ2n) is 5.72. The Kier molecular flexibility index (Phi) is 5.20. The number of aliphatic hydroxyl groups excluding tert-OH is 1. The van der Waals surface area contributed by atoms with Gasteiger partial charge in [-0.15, -0.1) is 0 Å². The second-order valence-corrected chi connectivity index (χ2v) is 5.72. The van der Waals surface area contributed by atoms with Crippen LogP contribution >= 0.6 is 0 Å². The Morgan fingerprint density at radius 2 is 1.71 bits per heavy atom. The van der Waals surface area contributed by atoms with E-state index >= 15 is 0 Å². The normalized spacial score (nSPS) is 14.4. The molecule has 1 rings (SSSR count). The Bertz CT molecular complexity index is 483. The van der Waals surface area contributed by atoms with E-state index in [4.69, 9.17) is 4.74 Å². The summed E-state index contributed by atoms with van der Waals surface area (Å²) in [5.41, 5.74) is -0.905. The van der Waals surface area contributed by atoms with Crippen LogP contribution in [0.5, 0.6) is 5.75 Å². The summed E-state index contributed by atoms with van der Waals surface area (Å²) >= 11 is 0. The molecule has 0 saturated heterocycles. The summed E-state index contributed by atoms with van der Waals surface area (Å²) in [6.45, 7) is 5.08. The third-order valence-corrected chi connectivity index (χ3v) is 2.49. The zero-order valence-electron chi connectivity index (χ0n) is 11.8. The van der Waals surface area contributed by atoms with Crippen molar-refractivity contribution in [1.29, 1.82) is 0 Å². The van der Waals surface area contributed by atoms with Crippen LogP contribution in [0.3, 0.4) is 0 Å². The number of ether oxygens (including phenoxy) is 1. The molecule has 1 aromatic carbocycles. The maximum atomic E-state index is 13.4. The van der Waals surface area contributed by atoms with Gasteiger partial charge in [0.25, 0.3) is 0 Å². The number of aliphatic hydroxyl groups is 1. The van der Waals surface area contributed by atoms with Crippen molar-refractivity contribution in [1.82, 2.24) is 0 Å². The molecular weight excluding hydrogens is 295 g/mol. The van der Waals surface area contributed by atoms with Gasteiger partial charge in [0, 0.05) is 12.5 Å². The van der Waals surface area contributed by atoms with Gasteiger partial charge in [-0.1, -0.05) is 0 Å². The lowest BCUT2D eigenvalue weighted by Gasteiger charge is -2.23. The minimum atomic E-state index is -4.35. The summed E-state index contributed by atoms with van der Waals surface area (Å²) in [4.78, 5) is 0. The molecule has 0 aliphatic rings. The maximum Gasteiger partial charge on any atom is 0.310 e. The van der Waals surface area contributed by atoms with Crippen LogP contribution in [0.1, 0.15) is 38.9 Å². The molecule has 0 saturated carbocycles. The average molecular weight is 312 g/mol. The van der Waals surface area contributed by atoms with E-state index in [0.29, 0.717) is 0 Å². The predicted molar refractivity (Wildman–Crippen MR) is 67.3 cm³/mol. The van der Waals surface area contributed by atoms with Gasteiger partial charge in [0.2, 0.25) is 0 Å². The molecular formula is C14H17F5O2. The molecule has 7 heteroatoms. The zero-order valence-corrected chi connectivity index (χ0v) is 11.8. The Morgan fingerprint density at radius 3 is 2.19 bits per heavy atom. The molecule has 0 bridgehead atoms. The molecule has 21 heavy (non-hydrogen) atoms. The number of hydrogen-bond donors (Lipinski definition) is 1. The van der Waals surface area contributed by atoms with Crippen LogP contribution in [-0.4, -0.2) is 23.1 Å². The van der Waals surface area contributed by atoms with Gasteiger partial charge in [-0.25, -0.2) is 22.0 Å². The number of hydrogen-bond acceptors (Lipinski definition) is 2. The van der Waals surface area contributed by atoms with Crippen molar-refractivity contribution in [2.24, 2.45) is 0 Å². The number of benzene rings is 1. The molecule has 1 atom stereocenters. The van der Waals surface area contributed by atoms with Crippen molar-refractivity contribution >= 4 is 0 Å². The van der Waals surface area contributed by atoms with Crippen LogP contribution in [0.15, 0.2) is 18.2 Å². The Balaban J connectivity index is 2.97. The van der Waals surface area contributed by atoms with Crippen molar-refractivity contribution in [3.63, 3.8) is 0 Å². The van der Waals surface area contributed by atoms with Gasteiger partial charge in [-0.2, -0.15) is 0 Å². The highest BCUT2D eigenvalue weighted by Gasteiger charge is 2.42. The van der Waals surface area contributed by atoms with E-state index in [-0.39, 0.29) is 11.3 Å². The first-order chi connectivity index (χ1) is 9.40. The second kappa shape index (κ2) is 6.17. The smallest absolute Gasteiger partial charge is 0.310 e. The summed E-state index contributed by atoms with van der Waals surface area (Å²) in [5, 5.41) is 9.62. The van der Waals surface area contributed by atoms with E-state index < -0.39 is 36.3 Å². The Morgan fingerprint density at radius 1 is 1.14 bits per heavy atom. The maximum absolute atomic E-state index is 13.4.